The third kappa shape index (κ3) is 3.39. The van der Waals surface area contributed by atoms with E-state index in [-0.39, 0.29) is 5.41 Å². The number of ether oxygens (including phenoxy) is 2. The molecule has 0 atom stereocenters. The Hall–Kier alpha value is -0.410. The zero-order valence-electron chi connectivity index (χ0n) is 9.17. The molecule has 82 valence electrons. The first-order valence-electron chi connectivity index (χ1n) is 5.29. The normalized spacial score (nSPS) is 18.1. The maximum Gasteiger partial charge on any atom is 0.135 e. The van der Waals surface area contributed by atoms with Gasteiger partial charge in [0.15, 0.2) is 0 Å². The first-order chi connectivity index (χ1) is 6.71. The van der Waals surface area contributed by atoms with Gasteiger partial charge in [0.05, 0.1) is 13.2 Å². The van der Waals surface area contributed by atoms with Crippen molar-refractivity contribution in [3.63, 3.8) is 0 Å². The molecule has 1 rings (SSSR count). The van der Waals surface area contributed by atoms with Crippen molar-refractivity contribution < 1.29 is 14.3 Å². The summed E-state index contributed by atoms with van der Waals surface area (Å²) in [5, 5.41) is 0. The van der Waals surface area contributed by atoms with Crippen molar-refractivity contribution in [2.45, 2.75) is 32.6 Å². The van der Waals surface area contributed by atoms with E-state index >= 15 is 0 Å². The molecule has 1 aliphatic carbocycles. The van der Waals surface area contributed by atoms with E-state index in [4.69, 9.17) is 9.47 Å². The molecule has 0 saturated heterocycles. The summed E-state index contributed by atoms with van der Waals surface area (Å²) in [6.07, 6.45) is 4.15. The Balaban J connectivity index is 1.96. The highest BCUT2D eigenvalue weighted by atomic mass is 16.5. The van der Waals surface area contributed by atoms with Crippen molar-refractivity contribution in [3.8, 4) is 0 Å². The van der Waals surface area contributed by atoms with Gasteiger partial charge in [0.2, 0.25) is 0 Å². The lowest BCUT2D eigenvalue weighted by molar-refractivity contribution is -0.122. The second-order valence-electron chi connectivity index (χ2n) is 4.05. The van der Waals surface area contributed by atoms with E-state index in [1.807, 2.05) is 0 Å². The van der Waals surface area contributed by atoms with Gasteiger partial charge in [-0.25, -0.2) is 0 Å². The Morgan fingerprint density at radius 2 is 2.00 bits per heavy atom. The average molecular weight is 200 g/mol. The second-order valence-corrected chi connectivity index (χ2v) is 4.05. The van der Waals surface area contributed by atoms with Gasteiger partial charge in [-0.2, -0.15) is 0 Å². The maximum absolute atomic E-state index is 11.2. The van der Waals surface area contributed by atoms with Gasteiger partial charge in [0, 0.05) is 19.1 Å². The lowest BCUT2D eigenvalue weighted by Gasteiger charge is -2.10. The summed E-state index contributed by atoms with van der Waals surface area (Å²) in [6, 6.07) is 0. The third-order valence-electron chi connectivity index (χ3n) is 2.98. The highest BCUT2D eigenvalue weighted by Gasteiger charge is 2.46. The van der Waals surface area contributed by atoms with Crippen molar-refractivity contribution in [2.75, 3.05) is 26.9 Å². The molecule has 3 heteroatoms. The monoisotopic (exact) mass is 200 g/mol. The first-order valence-corrected chi connectivity index (χ1v) is 5.29. The quantitative estimate of drug-likeness (QED) is 0.560. The van der Waals surface area contributed by atoms with E-state index in [0.29, 0.717) is 19.0 Å². The number of methoxy groups -OCH3 is 1. The van der Waals surface area contributed by atoms with Crippen LogP contribution in [0.3, 0.4) is 0 Å². The van der Waals surface area contributed by atoms with E-state index in [9.17, 15) is 4.79 Å². The summed E-state index contributed by atoms with van der Waals surface area (Å²) in [6.45, 7) is 3.76. The van der Waals surface area contributed by atoms with Gasteiger partial charge in [-0.3, -0.25) is 4.79 Å². The van der Waals surface area contributed by atoms with Gasteiger partial charge >= 0.3 is 0 Å². The Bertz CT molecular complexity index is 185. The first kappa shape index (κ1) is 11.7. The zero-order valence-corrected chi connectivity index (χ0v) is 9.17. The van der Waals surface area contributed by atoms with Gasteiger partial charge in [0.25, 0.3) is 0 Å². The van der Waals surface area contributed by atoms with Crippen LogP contribution >= 0.6 is 0 Å². The Labute approximate surface area is 85.8 Å². The van der Waals surface area contributed by atoms with Gasteiger partial charge in [-0.1, -0.05) is 0 Å². The summed E-state index contributed by atoms with van der Waals surface area (Å²) >= 11 is 0. The number of carbonyl (C=O) groups excluding carboxylic acids is 1. The lowest BCUT2D eigenvalue weighted by Crippen LogP contribution is -2.13. The molecule has 3 nitrogen and oxygen atoms in total. The molecule has 0 aliphatic heterocycles. The van der Waals surface area contributed by atoms with Gasteiger partial charge in [0.1, 0.15) is 5.78 Å². The molecular weight excluding hydrogens is 180 g/mol. The third-order valence-corrected chi connectivity index (χ3v) is 2.98. The topological polar surface area (TPSA) is 35.5 Å². The highest BCUT2D eigenvalue weighted by Crippen LogP contribution is 2.50. The van der Waals surface area contributed by atoms with Gasteiger partial charge in [-0.15, -0.1) is 0 Å². The van der Waals surface area contributed by atoms with Crippen LogP contribution in [0.4, 0.5) is 0 Å². The van der Waals surface area contributed by atoms with Crippen molar-refractivity contribution in [3.05, 3.63) is 0 Å². The molecule has 0 radical (unpaired) electrons. The fourth-order valence-corrected chi connectivity index (χ4v) is 1.69. The number of carbonyl (C=O) groups is 1. The molecule has 0 heterocycles. The van der Waals surface area contributed by atoms with Crippen LogP contribution in [0.1, 0.15) is 32.6 Å². The van der Waals surface area contributed by atoms with E-state index in [2.05, 4.69) is 0 Å². The molecule has 0 bridgehead atoms. The minimum absolute atomic E-state index is 0.0462. The van der Waals surface area contributed by atoms with Crippen molar-refractivity contribution in [1.29, 1.82) is 0 Å². The van der Waals surface area contributed by atoms with Crippen LogP contribution in [-0.2, 0) is 14.3 Å². The fourth-order valence-electron chi connectivity index (χ4n) is 1.69. The molecule has 0 aromatic rings. The molecule has 0 amide bonds. The predicted octanol–water partition coefficient (Wildman–Crippen LogP) is 1.80. The molecule has 0 aromatic carbocycles. The SMILES string of the molecule is COCCOCCCC1(C(C)=O)CC1. The summed E-state index contributed by atoms with van der Waals surface area (Å²) in [7, 11) is 1.66. The van der Waals surface area contributed by atoms with Gasteiger partial charge in [-0.05, 0) is 32.6 Å². The average Bonchev–Trinajstić information content (AvgIpc) is 2.92. The van der Waals surface area contributed by atoms with Crippen LogP contribution in [0.5, 0.6) is 0 Å². The minimum Gasteiger partial charge on any atom is -0.382 e. The van der Waals surface area contributed by atoms with Crippen molar-refractivity contribution in [2.24, 2.45) is 5.41 Å². The Morgan fingerprint density at radius 1 is 1.29 bits per heavy atom. The number of rotatable bonds is 8. The van der Waals surface area contributed by atoms with Crippen LogP contribution in [0.2, 0.25) is 0 Å². The molecular formula is C11H20O3. The molecule has 0 N–H and O–H groups in total. The fraction of sp³-hybridized carbons (Fsp3) is 0.909. The van der Waals surface area contributed by atoms with Gasteiger partial charge < -0.3 is 9.47 Å². The second kappa shape index (κ2) is 5.47. The van der Waals surface area contributed by atoms with Crippen LogP contribution in [0.25, 0.3) is 0 Å². The van der Waals surface area contributed by atoms with Crippen molar-refractivity contribution in [1.82, 2.24) is 0 Å². The Morgan fingerprint density at radius 3 is 2.50 bits per heavy atom. The number of ketones is 1. The number of hydrogen-bond acceptors (Lipinski definition) is 3. The highest BCUT2D eigenvalue weighted by molar-refractivity contribution is 5.84. The van der Waals surface area contributed by atoms with Crippen LogP contribution < -0.4 is 0 Å². The van der Waals surface area contributed by atoms with E-state index in [0.717, 1.165) is 32.3 Å². The van der Waals surface area contributed by atoms with E-state index < -0.39 is 0 Å². The summed E-state index contributed by atoms with van der Waals surface area (Å²) in [5.41, 5.74) is 0.0462. The van der Waals surface area contributed by atoms with Crippen LogP contribution in [0, 0.1) is 5.41 Å². The summed E-state index contributed by atoms with van der Waals surface area (Å²) in [5.74, 6) is 0.356. The number of Topliss-reactive ketones (excluding diaryl/α,β-unsaturated/α-hetero) is 1. The van der Waals surface area contributed by atoms with E-state index in [1.54, 1.807) is 14.0 Å². The van der Waals surface area contributed by atoms with Crippen molar-refractivity contribution >= 4 is 5.78 Å². The predicted molar refractivity (Wildman–Crippen MR) is 54.3 cm³/mol. The summed E-state index contributed by atoms with van der Waals surface area (Å²) in [4.78, 5) is 11.2. The van der Waals surface area contributed by atoms with Crippen LogP contribution in [-0.4, -0.2) is 32.7 Å². The lowest BCUT2D eigenvalue weighted by atomic mass is 9.96. The standard InChI is InChI=1S/C11H20O3/c1-10(12)11(5-6-11)4-3-7-14-9-8-13-2/h3-9H2,1-2H3. The molecule has 0 aromatic heterocycles. The zero-order chi connectivity index (χ0) is 10.4. The maximum atomic E-state index is 11.2. The molecule has 1 saturated carbocycles. The minimum atomic E-state index is 0.0462. The molecule has 1 fully saturated rings. The molecule has 0 unspecified atom stereocenters. The molecule has 0 spiro atoms. The Kier molecular flexibility index (Phi) is 4.55. The number of hydrogen-bond donors (Lipinski definition) is 0. The van der Waals surface area contributed by atoms with E-state index in [1.165, 1.54) is 0 Å². The smallest absolute Gasteiger partial charge is 0.135 e. The summed E-state index contributed by atoms with van der Waals surface area (Å²) < 4.78 is 10.2. The molecule has 14 heavy (non-hydrogen) atoms. The largest absolute Gasteiger partial charge is 0.382 e. The van der Waals surface area contributed by atoms with Crippen LogP contribution in [0.15, 0.2) is 0 Å². The molecule has 1 aliphatic rings.